The second-order valence-electron chi connectivity index (χ2n) is 6.07. The van der Waals surface area contributed by atoms with Gasteiger partial charge in [-0.3, -0.25) is 15.3 Å². The monoisotopic (exact) mass is 429 g/mol. The van der Waals surface area contributed by atoms with Crippen molar-refractivity contribution in [2.24, 2.45) is 0 Å². The van der Waals surface area contributed by atoms with E-state index in [1.165, 1.54) is 4.31 Å². The van der Waals surface area contributed by atoms with E-state index >= 15 is 0 Å². The Kier molecular flexibility index (Phi) is 6.40. The number of hydrogen-bond donors (Lipinski definition) is 1. The third-order valence-corrected chi connectivity index (χ3v) is 5.90. The third-order valence-electron chi connectivity index (χ3n) is 4.02. The van der Waals surface area contributed by atoms with Crippen LogP contribution in [0.4, 0.5) is 13.2 Å². The van der Waals surface area contributed by atoms with Gasteiger partial charge in [-0.2, -0.15) is 4.31 Å². The molecule has 0 bridgehead atoms. The van der Waals surface area contributed by atoms with Crippen molar-refractivity contribution in [1.29, 1.82) is 0 Å². The van der Waals surface area contributed by atoms with Crippen LogP contribution in [0.5, 0.6) is 5.75 Å². The van der Waals surface area contributed by atoms with E-state index in [1.54, 1.807) is 18.3 Å². The summed E-state index contributed by atoms with van der Waals surface area (Å²) in [6.45, 7) is 0.569. The van der Waals surface area contributed by atoms with Gasteiger partial charge in [0.2, 0.25) is 10.0 Å². The second-order valence-corrected chi connectivity index (χ2v) is 8.01. The van der Waals surface area contributed by atoms with Crippen molar-refractivity contribution in [3.63, 3.8) is 0 Å². The summed E-state index contributed by atoms with van der Waals surface area (Å²) >= 11 is 0. The van der Waals surface area contributed by atoms with Crippen molar-refractivity contribution in [2.45, 2.75) is 24.3 Å². The molecule has 29 heavy (non-hydrogen) atoms. The fraction of sp³-hybridized carbons (Fsp3) is 0.278. The Morgan fingerprint density at radius 2 is 1.90 bits per heavy atom. The first kappa shape index (κ1) is 21.1. The van der Waals surface area contributed by atoms with Crippen LogP contribution in [-0.4, -0.2) is 37.2 Å². The summed E-state index contributed by atoms with van der Waals surface area (Å²) in [5.74, 6) is -0.480. The van der Waals surface area contributed by atoms with Crippen LogP contribution >= 0.6 is 0 Å². The number of ether oxygens (including phenoxy) is 1. The van der Waals surface area contributed by atoms with Gasteiger partial charge in [-0.25, -0.2) is 8.42 Å². The van der Waals surface area contributed by atoms with Crippen molar-refractivity contribution >= 4 is 10.0 Å². The maximum Gasteiger partial charge on any atom is 0.573 e. The van der Waals surface area contributed by atoms with E-state index in [-0.39, 0.29) is 24.6 Å². The summed E-state index contributed by atoms with van der Waals surface area (Å²) in [7, 11) is -3.84. The topological polar surface area (TPSA) is 80.8 Å². The fourth-order valence-corrected chi connectivity index (χ4v) is 3.99. The number of hydrogen-bond acceptors (Lipinski definition) is 6. The molecule has 0 atom stereocenters. The Bertz CT molecular complexity index is 949. The highest BCUT2D eigenvalue weighted by molar-refractivity contribution is 7.89. The van der Waals surface area contributed by atoms with Gasteiger partial charge in [-0.15, -0.1) is 13.2 Å². The number of pyridine rings is 1. The van der Waals surface area contributed by atoms with E-state index in [2.05, 4.69) is 15.2 Å². The molecule has 156 valence electrons. The molecule has 3 rings (SSSR count). The van der Waals surface area contributed by atoms with Gasteiger partial charge in [0.15, 0.2) is 0 Å². The SMILES string of the molecule is O=S(=O)(c1ccc(OC(F)(F)F)cc1)N1CC=C(NOCc2ccccn2)CC1. The number of alkyl halides is 3. The number of hydroxylamine groups is 1. The van der Waals surface area contributed by atoms with Gasteiger partial charge in [-0.1, -0.05) is 6.07 Å². The number of nitrogens with one attached hydrogen (secondary N) is 1. The van der Waals surface area contributed by atoms with Crippen LogP contribution in [0.3, 0.4) is 0 Å². The first-order chi connectivity index (χ1) is 13.7. The molecule has 0 fully saturated rings. The molecule has 0 radical (unpaired) electrons. The number of aromatic nitrogens is 1. The summed E-state index contributed by atoms with van der Waals surface area (Å²) in [6.07, 6.45) is -1.10. The molecule has 0 unspecified atom stereocenters. The fourth-order valence-electron chi connectivity index (χ4n) is 2.61. The van der Waals surface area contributed by atoms with Crippen molar-refractivity contribution in [3.8, 4) is 5.75 Å². The zero-order valence-electron chi connectivity index (χ0n) is 15.1. The van der Waals surface area contributed by atoms with Crippen LogP contribution in [0.1, 0.15) is 12.1 Å². The molecule has 0 amide bonds. The Balaban J connectivity index is 1.56. The first-order valence-corrected chi connectivity index (χ1v) is 10.0. The summed E-state index contributed by atoms with van der Waals surface area (Å²) < 4.78 is 67.0. The Labute approximate surface area is 165 Å². The summed E-state index contributed by atoms with van der Waals surface area (Å²) in [6, 6.07) is 9.57. The number of benzene rings is 1. The van der Waals surface area contributed by atoms with Crippen LogP contribution < -0.4 is 10.2 Å². The molecule has 7 nitrogen and oxygen atoms in total. The highest BCUT2D eigenvalue weighted by Crippen LogP contribution is 2.26. The van der Waals surface area contributed by atoms with Crippen molar-refractivity contribution in [2.75, 3.05) is 13.1 Å². The minimum absolute atomic E-state index is 0.108. The van der Waals surface area contributed by atoms with Gasteiger partial charge in [0.05, 0.1) is 10.6 Å². The van der Waals surface area contributed by atoms with E-state index in [9.17, 15) is 21.6 Å². The summed E-state index contributed by atoms with van der Waals surface area (Å²) in [5.41, 5.74) is 4.27. The van der Waals surface area contributed by atoms with Gasteiger partial charge in [0.25, 0.3) is 0 Å². The van der Waals surface area contributed by atoms with Crippen LogP contribution in [0, 0.1) is 0 Å². The Morgan fingerprint density at radius 1 is 1.14 bits per heavy atom. The van der Waals surface area contributed by atoms with Crippen LogP contribution in [0.2, 0.25) is 0 Å². The lowest BCUT2D eigenvalue weighted by atomic mass is 10.2. The van der Waals surface area contributed by atoms with E-state index in [1.807, 2.05) is 12.1 Å². The van der Waals surface area contributed by atoms with Crippen LogP contribution in [0.25, 0.3) is 0 Å². The summed E-state index contributed by atoms with van der Waals surface area (Å²) in [5, 5.41) is 0. The van der Waals surface area contributed by atoms with Gasteiger partial charge in [0, 0.05) is 31.4 Å². The molecule has 1 aromatic carbocycles. The lowest BCUT2D eigenvalue weighted by molar-refractivity contribution is -0.274. The van der Waals surface area contributed by atoms with Gasteiger partial charge in [-0.05, 0) is 42.5 Å². The van der Waals surface area contributed by atoms with Gasteiger partial charge in [0.1, 0.15) is 12.4 Å². The molecule has 1 aliphatic heterocycles. The third kappa shape index (κ3) is 5.92. The Hall–Kier alpha value is -2.63. The second kappa shape index (κ2) is 8.80. The molecule has 2 heterocycles. The van der Waals surface area contributed by atoms with Gasteiger partial charge >= 0.3 is 6.36 Å². The maximum atomic E-state index is 12.7. The molecule has 1 aromatic heterocycles. The van der Waals surface area contributed by atoms with E-state index in [0.29, 0.717) is 6.42 Å². The maximum absolute atomic E-state index is 12.7. The molecule has 1 N–H and O–H groups in total. The molecule has 0 aliphatic carbocycles. The van der Waals surface area contributed by atoms with E-state index in [4.69, 9.17) is 4.84 Å². The molecule has 0 saturated carbocycles. The minimum Gasteiger partial charge on any atom is -0.406 e. The molecule has 0 spiro atoms. The van der Waals surface area contributed by atoms with Crippen molar-refractivity contribution in [1.82, 2.24) is 14.8 Å². The number of nitrogens with zero attached hydrogens (tertiary/aromatic N) is 2. The molecule has 2 aromatic rings. The van der Waals surface area contributed by atoms with Gasteiger partial charge < -0.3 is 4.74 Å². The summed E-state index contributed by atoms with van der Waals surface area (Å²) in [4.78, 5) is 9.38. The van der Waals surface area contributed by atoms with Crippen LogP contribution in [-0.2, 0) is 21.5 Å². The zero-order valence-corrected chi connectivity index (χ0v) is 15.9. The molecular formula is C18H18F3N3O4S. The Morgan fingerprint density at radius 3 is 2.48 bits per heavy atom. The quantitative estimate of drug-likeness (QED) is 0.682. The normalized spacial score (nSPS) is 15.6. The standard InChI is InChI=1S/C18H18F3N3O4S/c19-18(20,21)28-16-4-6-17(7-5-16)29(25,26)24-11-8-14(9-12-24)23-27-13-15-3-1-2-10-22-15/h1-8,10,23H,9,11-13H2. The lowest BCUT2D eigenvalue weighted by Crippen LogP contribution is -2.36. The molecular weight excluding hydrogens is 411 g/mol. The average Bonchev–Trinajstić information content (AvgIpc) is 2.68. The highest BCUT2D eigenvalue weighted by Gasteiger charge is 2.31. The van der Waals surface area contributed by atoms with Crippen LogP contribution in [0.15, 0.2) is 65.3 Å². The zero-order chi connectivity index (χ0) is 20.9. The lowest BCUT2D eigenvalue weighted by Gasteiger charge is -2.26. The van der Waals surface area contributed by atoms with E-state index < -0.39 is 22.1 Å². The number of halogens is 3. The molecule has 11 heteroatoms. The largest absolute Gasteiger partial charge is 0.573 e. The predicted octanol–water partition coefficient (Wildman–Crippen LogP) is 2.98. The number of rotatable bonds is 7. The first-order valence-electron chi connectivity index (χ1n) is 8.57. The highest BCUT2D eigenvalue weighted by atomic mass is 32.2. The average molecular weight is 429 g/mol. The molecule has 1 aliphatic rings. The smallest absolute Gasteiger partial charge is 0.406 e. The number of sulfonamides is 1. The van der Waals surface area contributed by atoms with E-state index in [0.717, 1.165) is 35.7 Å². The van der Waals surface area contributed by atoms with Crippen molar-refractivity contribution < 1.29 is 31.2 Å². The van der Waals surface area contributed by atoms with Crippen molar-refractivity contribution in [3.05, 3.63) is 66.1 Å². The minimum atomic E-state index is -4.83. The molecule has 0 saturated heterocycles. The predicted molar refractivity (Wildman–Crippen MR) is 96.7 cm³/mol.